The van der Waals surface area contributed by atoms with Crippen molar-refractivity contribution in [3.8, 4) is 11.8 Å². The molecule has 0 bridgehead atoms. The van der Waals surface area contributed by atoms with Crippen molar-refractivity contribution in [2.75, 3.05) is 0 Å². The lowest BCUT2D eigenvalue weighted by atomic mass is 9.98. The topological polar surface area (TPSA) is 146 Å². The molecule has 9 nitrogen and oxygen atoms in total. The molecule has 2 aromatic heterocycles. The number of alkyl halides is 3. The van der Waals surface area contributed by atoms with E-state index in [4.69, 9.17) is 5.84 Å². The molecule has 0 unspecified atom stereocenters. The predicted molar refractivity (Wildman–Crippen MR) is 80.6 cm³/mol. The first kappa shape index (κ1) is 18.2. The first-order valence-electron chi connectivity index (χ1n) is 7.50. The van der Waals surface area contributed by atoms with Gasteiger partial charge in [-0.3, -0.25) is 0 Å². The van der Waals surface area contributed by atoms with Crippen LogP contribution in [-0.4, -0.2) is 59.3 Å². The van der Waals surface area contributed by atoms with Gasteiger partial charge in [0.05, 0.1) is 24.8 Å². The molecule has 1 saturated carbocycles. The van der Waals surface area contributed by atoms with Crippen LogP contribution in [0.1, 0.15) is 12.5 Å². The van der Waals surface area contributed by atoms with E-state index < -0.39 is 36.4 Å². The number of aromatic amines is 1. The third-order valence-corrected chi connectivity index (χ3v) is 4.34. The Labute approximate surface area is 144 Å². The van der Waals surface area contributed by atoms with Crippen molar-refractivity contribution in [2.45, 2.75) is 37.0 Å². The summed E-state index contributed by atoms with van der Waals surface area (Å²) in [7, 11) is 0. The quantitative estimate of drug-likeness (QED) is 0.253. The van der Waals surface area contributed by atoms with Gasteiger partial charge in [-0.15, -0.1) is 0 Å². The molecule has 1 fully saturated rings. The summed E-state index contributed by atoms with van der Waals surface area (Å²) in [4.78, 5) is 10.8. The highest BCUT2D eigenvalue weighted by Gasteiger charge is 2.45. The maximum absolute atomic E-state index is 12.2. The van der Waals surface area contributed by atoms with Crippen molar-refractivity contribution < 1.29 is 28.5 Å². The highest BCUT2D eigenvalue weighted by Crippen LogP contribution is 2.38. The fourth-order valence-electron chi connectivity index (χ4n) is 3.12. The van der Waals surface area contributed by atoms with Gasteiger partial charge in [0.25, 0.3) is 0 Å². The molecule has 0 amide bonds. The van der Waals surface area contributed by atoms with Gasteiger partial charge in [0.15, 0.2) is 5.52 Å². The minimum absolute atomic E-state index is 0.0211. The highest BCUT2D eigenvalue weighted by molar-refractivity contribution is 5.68. The fourth-order valence-corrected chi connectivity index (χ4v) is 3.12. The lowest BCUT2D eigenvalue weighted by molar-refractivity contribution is -0.0703. The molecule has 0 spiro atoms. The van der Waals surface area contributed by atoms with Crippen LogP contribution in [0.2, 0.25) is 0 Å². The Bertz CT molecular complexity index is 928. The highest BCUT2D eigenvalue weighted by atomic mass is 19.4. The minimum Gasteiger partial charge on any atom is -0.390 e. The second kappa shape index (κ2) is 6.60. The number of nitrogens with two attached hydrogens (primary N) is 1. The number of imidazole rings is 1. The van der Waals surface area contributed by atoms with Crippen molar-refractivity contribution in [3.63, 3.8) is 0 Å². The number of nitrogens with one attached hydrogen (secondary N) is 1. The van der Waals surface area contributed by atoms with Gasteiger partial charge in [0.1, 0.15) is 17.9 Å². The molecule has 0 radical (unpaired) electrons. The summed E-state index contributed by atoms with van der Waals surface area (Å²) < 4.78 is 38.0. The van der Waals surface area contributed by atoms with Crippen LogP contribution in [0.25, 0.3) is 11.2 Å². The van der Waals surface area contributed by atoms with Crippen molar-refractivity contribution in [1.29, 1.82) is 0 Å². The summed E-state index contributed by atoms with van der Waals surface area (Å²) in [5.41, 5.74) is 0.868. The van der Waals surface area contributed by atoms with Gasteiger partial charge in [-0.2, -0.15) is 18.3 Å². The average molecular weight is 372 g/mol. The number of aromatic nitrogens is 4. The van der Waals surface area contributed by atoms with E-state index in [0.29, 0.717) is 11.2 Å². The molecule has 0 saturated heterocycles. The van der Waals surface area contributed by atoms with Crippen molar-refractivity contribution >= 4 is 11.2 Å². The van der Waals surface area contributed by atoms with Crippen molar-refractivity contribution in [3.05, 3.63) is 18.1 Å². The Balaban J connectivity index is 1.92. The van der Waals surface area contributed by atoms with Crippen LogP contribution in [0, 0.1) is 17.8 Å². The average Bonchev–Trinajstić information content (AvgIpc) is 3.14. The van der Waals surface area contributed by atoms with E-state index in [2.05, 4.69) is 20.1 Å². The Morgan fingerprint density at radius 2 is 2.08 bits per heavy atom. The number of hydrogen-bond acceptors (Lipinski definition) is 7. The van der Waals surface area contributed by atoms with Crippen LogP contribution >= 0.6 is 0 Å². The summed E-state index contributed by atoms with van der Waals surface area (Å²) >= 11 is 0. The van der Waals surface area contributed by atoms with Gasteiger partial charge in [-0.25, -0.2) is 9.97 Å². The molecular weight excluding hydrogens is 357 g/mol. The maximum Gasteiger partial charge on any atom is 0.457 e. The summed E-state index contributed by atoms with van der Waals surface area (Å²) in [5, 5.41) is 33.8. The van der Waals surface area contributed by atoms with Gasteiger partial charge < -0.3 is 30.7 Å². The van der Waals surface area contributed by atoms with Crippen LogP contribution in [0.3, 0.4) is 0 Å². The molecule has 3 rings (SSSR count). The Hall–Kier alpha value is -2.62. The van der Waals surface area contributed by atoms with Gasteiger partial charge in [-0.1, -0.05) is 5.92 Å². The maximum atomic E-state index is 12.2. The Morgan fingerprint density at radius 3 is 2.73 bits per heavy atom. The molecule has 6 N–H and O–H groups in total. The summed E-state index contributed by atoms with van der Waals surface area (Å²) in [5.74, 6) is 6.81. The minimum atomic E-state index is -4.76. The number of aliphatic hydroxyl groups excluding tert-OH is 3. The number of fused-ring (bicyclic) bond motifs is 1. The van der Waals surface area contributed by atoms with Gasteiger partial charge in [0.2, 0.25) is 5.49 Å². The zero-order valence-corrected chi connectivity index (χ0v) is 13.1. The van der Waals surface area contributed by atoms with E-state index in [1.807, 2.05) is 0 Å². The number of rotatable bonds is 2. The van der Waals surface area contributed by atoms with Gasteiger partial charge in [0, 0.05) is 11.8 Å². The van der Waals surface area contributed by atoms with Crippen LogP contribution < -0.4 is 11.3 Å². The third-order valence-electron chi connectivity index (χ3n) is 4.34. The van der Waals surface area contributed by atoms with Gasteiger partial charge in [-0.05, 0) is 6.42 Å². The summed E-state index contributed by atoms with van der Waals surface area (Å²) in [6, 6.07) is -0.758. The molecule has 1 aliphatic rings. The monoisotopic (exact) mass is 372 g/mol. The zero-order valence-electron chi connectivity index (χ0n) is 13.1. The largest absolute Gasteiger partial charge is 0.457 e. The predicted octanol–water partition coefficient (Wildman–Crippen LogP) is -1.26. The third kappa shape index (κ3) is 3.24. The van der Waals surface area contributed by atoms with E-state index in [9.17, 15) is 28.5 Å². The zero-order chi connectivity index (χ0) is 19.1. The van der Waals surface area contributed by atoms with E-state index in [1.54, 1.807) is 5.92 Å². The standard InChI is InChI=1S/C14H15F3N6O3/c15-14(16,17)2-1-8(24)6-3-7(11(26)10(6)25)23-5-21-9-12(22-18)19-4-20-13(9)23/h4-8,10-11,24-26H,3,18H2,(H,19,20,22)/t6-,7-,8-,10-,11+/m1/s1. The molecule has 1 aliphatic carbocycles. The van der Waals surface area contributed by atoms with E-state index in [0.717, 1.165) is 5.92 Å². The molecule has 5 atom stereocenters. The number of H-pyrrole nitrogens is 1. The van der Waals surface area contributed by atoms with E-state index in [-0.39, 0.29) is 11.9 Å². The van der Waals surface area contributed by atoms with Gasteiger partial charge >= 0.3 is 6.18 Å². The smallest absolute Gasteiger partial charge is 0.390 e. The number of nitrogens with zero attached hydrogens (tertiary/aromatic N) is 4. The molecule has 12 heteroatoms. The van der Waals surface area contributed by atoms with Crippen LogP contribution in [0.5, 0.6) is 0 Å². The van der Waals surface area contributed by atoms with Crippen LogP contribution in [-0.2, 0) is 0 Å². The summed E-state index contributed by atoms with van der Waals surface area (Å²) in [6.45, 7) is 0. The second-order valence-corrected chi connectivity index (χ2v) is 5.86. The van der Waals surface area contributed by atoms with Crippen molar-refractivity contribution in [2.24, 2.45) is 16.9 Å². The molecule has 26 heavy (non-hydrogen) atoms. The first-order valence-corrected chi connectivity index (χ1v) is 7.50. The number of aliphatic hydroxyl groups is 3. The lowest BCUT2D eigenvalue weighted by Crippen LogP contribution is -2.33. The van der Waals surface area contributed by atoms with Crippen LogP contribution in [0.4, 0.5) is 13.2 Å². The molecule has 2 aromatic rings. The Morgan fingerprint density at radius 1 is 1.35 bits per heavy atom. The molecule has 2 heterocycles. The second-order valence-electron chi connectivity index (χ2n) is 5.86. The normalized spacial score (nSPS) is 28.2. The van der Waals surface area contributed by atoms with Crippen LogP contribution in [0.15, 0.2) is 17.8 Å². The SMILES string of the molecule is N/N=c1/nc[nH]c2c1ncn2[C@@H]1C[C@H]([C@H](O)C#CC(F)(F)F)[C@@H](O)[C@H]1O. The lowest BCUT2D eigenvalue weighted by Gasteiger charge is -2.19. The van der Waals surface area contributed by atoms with E-state index in [1.165, 1.54) is 17.2 Å². The van der Waals surface area contributed by atoms with Crippen molar-refractivity contribution in [1.82, 2.24) is 19.5 Å². The number of hydrogen-bond donors (Lipinski definition) is 5. The fraction of sp³-hybridized carbons (Fsp3) is 0.500. The van der Waals surface area contributed by atoms with E-state index >= 15 is 0 Å². The molecule has 0 aromatic carbocycles. The summed E-state index contributed by atoms with van der Waals surface area (Å²) in [6.07, 6.45) is -6.67. The first-order chi connectivity index (χ1) is 12.2. The molecule has 0 aliphatic heterocycles. The molecular formula is C14H15F3N6O3. The Kier molecular flexibility index (Phi) is 4.61. The number of halogens is 3. The molecule has 140 valence electrons.